The summed E-state index contributed by atoms with van der Waals surface area (Å²) in [5.41, 5.74) is 6.22. The van der Waals surface area contributed by atoms with E-state index in [1.54, 1.807) is 6.07 Å². The molecule has 0 aromatic carbocycles. The van der Waals surface area contributed by atoms with Crippen LogP contribution < -0.4 is 11.1 Å². The summed E-state index contributed by atoms with van der Waals surface area (Å²) >= 11 is 3.17. The van der Waals surface area contributed by atoms with Crippen molar-refractivity contribution < 1.29 is 9.21 Å². The van der Waals surface area contributed by atoms with Gasteiger partial charge in [-0.2, -0.15) is 0 Å². The standard InChI is InChI=1S/C11H15BrN2O2.ClH/c12-10-4-8(6-16-10)11(15)14-9-3-1-2-7(9)5-13;/h4,6-7,9H,1-3,5,13H2,(H,14,15);1H. The van der Waals surface area contributed by atoms with E-state index in [9.17, 15) is 4.79 Å². The Morgan fingerprint density at radius 3 is 2.94 bits per heavy atom. The minimum Gasteiger partial charge on any atom is -0.457 e. The highest BCUT2D eigenvalue weighted by Gasteiger charge is 2.27. The van der Waals surface area contributed by atoms with Crippen molar-refractivity contribution in [2.75, 3.05) is 6.54 Å². The van der Waals surface area contributed by atoms with Crippen molar-refractivity contribution in [2.45, 2.75) is 25.3 Å². The van der Waals surface area contributed by atoms with E-state index in [0.717, 1.165) is 19.3 Å². The number of hydrogen-bond acceptors (Lipinski definition) is 3. The maximum Gasteiger partial charge on any atom is 0.254 e. The maximum atomic E-state index is 11.8. The number of carbonyl (C=O) groups excluding carboxylic acids is 1. The Hall–Kier alpha value is -0.520. The first-order valence-corrected chi connectivity index (χ1v) is 6.25. The molecule has 1 amide bonds. The number of nitrogens with one attached hydrogen (secondary N) is 1. The second-order valence-electron chi connectivity index (χ2n) is 4.15. The van der Waals surface area contributed by atoms with Crippen molar-refractivity contribution in [1.82, 2.24) is 5.32 Å². The topological polar surface area (TPSA) is 68.3 Å². The van der Waals surface area contributed by atoms with Crippen LogP contribution >= 0.6 is 28.3 Å². The number of amides is 1. The summed E-state index contributed by atoms with van der Waals surface area (Å²) in [7, 11) is 0. The summed E-state index contributed by atoms with van der Waals surface area (Å²) in [5.74, 6) is 0.332. The molecule has 4 nitrogen and oxygen atoms in total. The van der Waals surface area contributed by atoms with Crippen LogP contribution in [0.5, 0.6) is 0 Å². The van der Waals surface area contributed by atoms with Crippen LogP contribution in [0.15, 0.2) is 21.4 Å². The molecule has 1 aliphatic carbocycles. The van der Waals surface area contributed by atoms with Crippen molar-refractivity contribution in [3.05, 3.63) is 22.6 Å². The molecular weight excluding hydrogens is 307 g/mol. The van der Waals surface area contributed by atoms with E-state index >= 15 is 0 Å². The monoisotopic (exact) mass is 322 g/mol. The van der Waals surface area contributed by atoms with Gasteiger partial charge in [-0.05, 0) is 41.2 Å². The van der Waals surface area contributed by atoms with Gasteiger partial charge in [-0.1, -0.05) is 6.42 Å². The summed E-state index contributed by atoms with van der Waals surface area (Å²) in [6.45, 7) is 0.639. The largest absolute Gasteiger partial charge is 0.457 e. The molecule has 0 radical (unpaired) electrons. The third-order valence-electron chi connectivity index (χ3n) is 3.11. The summed E-state index contributed by atoms with van der Waals surface area (Å²) in [6.07, 6.45) is 4.72. The zero-order chi connectivity index (χ0) is 11.5. The zero-order valence-electron chi connectivity index (χ0n) is 9.32. The first-order chi connectivity index (χ1) is 7.70. The summed E-state index contributed by atoms with van der Waals surface area (Å²) in [6, 6.07) is 1.88. The summed E-state index contributed by atoms with van der Waals surface area (Å²) in [4.78, 5) is 11.8. The van der Waals surface area contributed by atoms with Crippen LogP contribution in [0.4, 0.5) is 0 Å². The molecule has 96 valence electrons. The van der Waals surface area contributed by atoms with Crippen molar-refractivity contribution >= 4 is 34.2 Å². The Morgan fingerprint density at radius 2 is 2.35 bits per heavy atom. The Bertz CT molecular complexity index is 383. The van der Waals surface area contributed by atoms with Crippen LogP contribution in [-0.4, -0.2) is 18.5 Å². The van der Waals surface area contributed by atoms with Crippen LogP contribution in [0, 0.1) is 5.92 Å². The molecule has 1 aliphatic rings. The van der Waals surface area contributed by atoms with E-state index < -0.39 is 0 Å². The van der Waals surface area contributed by atoms with Crippen LogP contribution in [0.2, 0.25) is 0 Å². The van der Waals surface area contributed by atoms with Gasteiger partial charge in [0, 0.05) is 12.1 Å². The molecule has 1 saturated carbocycles. The molecule has 2 unspecified atom stereocenters. The van der Waals surface area contributed by atoms with Gasteiger partial charge < -0.3 is 15.5 Å². The van der Waals surface area contributed by atoms with Gasteiger partial charge >= 0.3 is 0 Å². The lowest BCUT2D eigenvalue weighted by Gasteiger charge is -2.18. The fraction of sp³-hybridized carbons (Fsp3) is 0.545. The number of hydrogen-bond donors (Lipinski definition) is 2. The van der Waals surface area contributed by atoms with Gasteiger partial charge in [0.05, 0.1) is 5.56 Å². The minimum absolute atomic E-state index is 0. The molecule has 0 saturated heterocycles. The lowest BCUT2D eigenvalue weighted by Crippen LogP contribution is -2.39. The molecule has 0 bridgehead atoms. The van der Waals surface area contributed by atoms with Gasteiger partial charge in [0.2, 0.25) is 0 Å². The third kappa shape index (κ3) is 3.47. The molecule has 6 heteroatoms. The molecule has 17 heavy (non-hydrogen) atoms. The van der Waals surface area contributed by atoms with Crippen molar-refractivity contribution in [2.24, 2.45) is 11.7 Å². The molecule has 3 N–H and O–H groups in total. The number of rotatable bonds is 3. The van der Waals surface area contributed by atoms with E-state index in [4.69, 9.17) is 10.2 Å². The molecule has 1 aromatic heterocycles. The first kappa shape index (κ1) is 14.5. The highest BCUT2D eigenvalue weighted by Crippen LogP contribution is 2.25. The second kappa shape index (κ2) is 6.42. The van der Waals surface area contributed by atoms with Crippen LogP contribution in [0.3, 0.4) is 0 Å². The number of carbonyl (C=O) groups is 1. The van der Waals surface area contributed by atoms with E-state index in [1.165, 1.54) is 6.26 Å². The van der Waals surface area contributed by atoms with Gasteiger partial charge in [-0.3, -0.25) is 4.79 Å². The Labute approximate surface area is 115 Å². The van der Waals surface area contributed by atoms with Crippen LogP contribution in [0.25, 0.3) is 0 Å². The van der Waals surface area contributed by atoms with Crippen molar-refractivity contribution in [3.63, 3.8) is 0 Å². The van der Waals surface area contributed by atoms with E-state index in [2.05, 4.69) is 21.2 Å². The number of nitrogens with two attached hydrogens (primary N) is 1. The maximum absolute atomic E-state index is 11.8. The molecule has 1 fully saturated rings. The molecular formula is C11H16BrClN2O2. The molecule has 0 spiro atoms. The number of furan rings is 1. The average Bonchev–Trinajstić information content (AvgIpc) is 2.86. The Kier molecular flexibility index (Phi) is 5.49. The summed E-state index contributed by atoms with van der Waals surface area (Å²) in [5, 5.41) is 3.01. The smallest absolute Gasteiger partial charge is 0.254 e. The Balaban J connectivity index is 0.00000144. The third-order valence-corrected chi connectivity index (χ3v) is 3.52. The predicted octanol–water partition coefficient (Wildman–Crippen LogP) is 2.32. The molecule has 2 rings (SSSR count). The normalized spacial score (nSPS) is 23.2. The van der Waals surface area contributed by atoms with Gasteiger partial charge in [0.1, 0.15) is 6.26 Å². The molecule has 2 atom stereocenters. The van der Waals surface area contributed by atoms with Crippen LogP contribution in [-0.2, 0) is 0 Å². The van der Waals surface area contributed by atoms with Crippen LogP contribution in [0.1, 0.15) is 29.6 Å². The lowest BCUT2D eigenvalue weighted by atomic mass is 10.0. The average molecular weight is 324 g/mol. The van der Waals surface area contributed by atoms with Gasteiger partial charge in [-0.25, -0.2) is 0 Å². The summed E-state index contributed by atoms with van der Waals surface area (Å²) < 4.78 is 5.60. The minimum atomic E-state index is -0.0835. The van der Waals surface area contributed by atoms with E-state index in [0.29, 0.717) is 22.7 Å². The highest BCUT2D eigenvalue weighted by molar-refractivity contribution is 9.10. The highest BCUT2D eigenvalue weighted by atomic mass is 79.9. The fourth-order valence-corrected chi connectivity index (χ4v) is 2.53. The zero-order valence-corrected chi connectivity index (χ0v) is 11.7. The van der Waals surface area contributed by atoms with Gasteiger partial charge in [0.25, 0.3) is 5.91 Å². The van der Waals surface area contributed by atoms with Crippen molar-refractivity contribution in [1.29, 1.82) is 0 Å². The SMILES string of the molecule is Cl.NCC1CCCC1NC(=O)c1coc(Br)c1. The molecule has 0 aliphatic heterocycles. The fourth-order valence-electron chi connectivity index (χ4n) is 2.19. The van der Waals surface area contributed by atoms with Gasteiger partial charge in [0.15, 0.2) is 4.67 Å². The predicted molar refractivity (Wildman–Crippen MR) is 71.3 cm³/mol. The van der Waals surface area contributed by atoms with E-state index in [1.807, 2.05) is 0 Å². The second-order valence-corrected chi connectivity index (χ2v) is 4.93. The molecule has 1 aromatic rings. The quantitative estimate of drug-likeness (QED) is 0.897. The van der Waals surface area contributed by atoms with Crippen molar-refractivity contribution in [3.8, 4) is 0 Å². The van der Waals surface area contributed by atoms with E-state index in [-0.39, 0.29) is 24.4 Å². The Morgan fingerprint density at radius 1 is 1.59 bits per heavy atom. The van der Waals surface area contributed by atoms with Gasteiger partial charge in [-0.15, -0.1) is 12.4 Å². The molecule has 1 heterocycles. The number of halogens is 2. The first-order valence-electron chi connectivity index (χ1n) is 5.45. The lowest BCUT2D eigenvalue weighted by molar-refractivity contribution is 0.0928.